The zero-order valence-corrected chi connectivity index (χ0v) is 94.6. The Morgan fingerprint density at radius 1 is 0.320 bits per heavy atom. The number of hydrogen-bond acceptors (Lipinski definition) is 43. The largest absolute Gasteiger partial charge is 0.444 e. The highest BCUT2D eigenvalue weighted by molar-refractivity contribution is 7.99. The highest BCUT2D eigenvalue weighted by Gasteiger charge is 2.58. The van der Waals surface area contributed by atoms with Crippen LogP contribution in [0.5, 0.6) is 0 Å². The molecule has 4 rings (SSSR count). The number of amidine groups is 2. The van der Waals surface area contributed by atoms with Gasteiger partial charge >= 0.3 is 73.1 Å². The first-order valence-corrected chi connectivity index (χ1v) is 50.5. The van der Waals surface area contributed by atoms with Crippen LogP contribution in [-0.4, -0.2) is 354 Å². The molecular weight excluding hydrogens is 2020 g/mol. The number of thiol groups is 1. The van der Waals surface area contributed by atoms with E-state index in [1.165, 1.54) is 208 Å². The molecule has 0 aromatic rings. The molecule has 1 saturated carbocycles. The fourth-order valence-electron chi connectivity index (χ4n) is 13.4. The van der Waals surface area contributed by atoms with Crippen LogP contribution >= 0.6 is 24.4 Å². The van der Waals surface area contributed by atoms with Gasteiger partial charge in [0.2, 0.25) is 23.8 Å². The second kappa shape index (κ2) is 55.1. The van der Waals surface area contributed by atoms with Crippen molar-refractivity contribution in [2.75, 3.05) is 37.0 Å². The van der Waals surface area contributed by atoms with E-state index < -0.39 is 324 Å². The van der Waals surface area contributed by atoms with Gasteiger partial charge in [-0.05, 0) is 268 Å². The topological polar surface area (TPSA) is 696 Å². The Kier molecular flexibility index (Phi) is 48.5. The van der Waals surface area contributed by atoms with E-state index in [0.717, 1.165) is 11.8 Å². The third kappa shape index (κ3) is 53.4. The maximum Gasteiger partial charge on any atom is 0.435 e. The molecule has 858 valence electrons. The maximum absolute atomic E-state index is 14.5. The van der Waals surface area contributed by atoms with Crippen molar-refractivity contribution in [2.45, 2.75) is 452 Å². The van der Waals surface area contributed by atoms with E-state index in [1.54, 1.807) is 41.5 Å². The van der Waals surface area contributed by atoms with Crippen molar-refractivity contribution in [1.82, 2.24) is 53.2 Å². The molecule has 53 nitrogen and oxygen atoms in total. The molecule has 12 amide bonds. The summed E-state index contributed by atoms with van der Waals surface area (Å²) in [5.74, 6) is -6.05. The molecule has 0 aromatic carbocycles. The molecule has 3 aliphatic heterocycles. The first kappa shape index (κ1) is 132. The summed E-state index contributed by atoms with van der Waals surface area (Å²) in [6, 6.07) is -6.49. The monoisotopic (exact) mass is 2190 g/mol. The second-order valence-electron chi connectivity index (χ2n) is 47.0. The molecule has 0 radical (unpaired) electrons. The molecule has 7 unspecified atom stereocenters. The molecule has 3 saturated heterocycles. The van der Waals surface area contributed by atoms with Crippen LogP contribution < -0.4 is 53.2 Å². The Hall–Kier alpha value is -10.2. The number of aliphatic hydroxyl groups excluding tert-OH is 6. The van der Waals surface area contributed by atoms with Crippen LogP contribution in [0.15, 0.2) is 30.0 Å². The van der Waals surface area contributed by atoms with Gasteiger partial charge in [0, 0.05) is 30.1 Å². The van der Waals surface area contributed by atoms with Gasteiger partial charge in [-0.15, -0.1) is 0 Å². The van der Waals surface area contributed by atoms with Crippen molar-refractivity contribution in [3.8, 4) is 0 Å². The Bertz CT molecular complexity index is 4600. The van der Waals surface area contributed by atoms with Crippen molar-refractivity contribution >= 4 is 133 Å². The van der Waals surface area contributed by atoms with Gasteiger partial charge in [0.1, 0.15) is 146 Å². The number of aliphatic imine (C=N–C) groups is 6. The number of thioether (sulfide) groups is 1. The summed E-state index contributed by atoms with van der Waals surface area (Å²) in [6.07, 6.45) is -51.0. The average molecular weight is 2190 g/mol. The predicted molar refractivity (Wildman–Crippen MR) is 548 cm³/mol. The number of alkyl carbamates (subject to hydrolysis) is 10. The van der Waals surface area contributed by atoms with Crippen LogP contribution in [0.2, 0.25) is 0 Å². The Morgan fingerprint density at radius 2 is 0.613 bits per heavy atom. The zero-order valence-electron chi connectivity index (χ0n) is 92.9. The minimum atomic E-state index is -2.49. The molecule has 150 heavy (non-hydrogen) atoms. The van der Waals surface area contributed by atoms with Gasteiger partial charge in [0.05, 0.1) is 44.1 Å². The van der Waals surface area contributed by atoms with Crippen molar-refractivity contribution < 1.29 is 178 Å². The Morgan fingerprint density at radius 3 is 0.960 bits per heavy atom. The summed E-state index contributed by atoms with van der Waals surface area (Å²) in [6.45, 7) is 53.4. The number of nitrogens with zero attached hydrogens (tertiary/aromatic N) is 6. The number of nitrogens with one attached hydrogen (secondary N) is 10. The van der Waals surface area contributed by atoms with Gasteiger partial charge in [0.25, 0.3) is 0 Å². The predicted octanol–water partition coefficient (Wildman–Crippen LogP) is 9.80. The molecule has 55 heteroatoms. The number of aliphatic hydroxyl groups is 6. The number of carbonyl (C=O) groups excluding carboxylic acids is 12. The minimum Gasteiger partial charge on any atom is -0.444 e. The molecule has 0 bridgehead atoms. The van der Waals surface area contributed by atoms with Gasteiger partial charge in [-0.3, -0.25) is 53.2 Å². The van der Waals surface area contributed by atoms with Gasteiger partial charge < -0.3 is 121 Å². The molecule has 0 spiro atoms. The Balaban J connectivity index is 2.48. The van der Waals surface area contributed by atoms with E-state index >= 15 is 0 Å². The maximum atomic E-state index is 14.5. The molecule has 1 aliphatic carbocycles. The lowest BCUT2D eigenvalue weighted by Gasteiger charge is -2.47. The van der Waals surface area contributed by atoms with Crippen LogP contribution in [0.1, 0.15) is 275 Å². The molecule has 16 N–H and O–H groups in total. The molecule has 4 aliphatic rings. The highest BCUT2D eigenvalue weighted by atomic mass is 32.2. The molecule has 4 fully saturated rings. The fourth-order valence-corrected chi connectivity index (χ4v) is 14.4. The van der Waals surface area contributed by atoms with E-state index in [4.69, 9.17) is 95.0 Å². The summed E-state index contributed by atoms with van der Waals surface area (Å²) in [7, 11) is 0. The fraction of sp³-hybridized carbons (Fsp3) is 0.811. The second-order valence-corrected chi connectivity index (χ2v) is 48.6. The van der Waals surface area contributed by atoms with Gasteiger partial charge in [-0.25, -0.2) is 77.5 Å². The lowest BCUT2D eigenvalue weighted by atomic mass is 9.77. The number of rotatable bonds is 23. The third-order valence-corrected chi connectivity index (χ3v) is 19.5. The average Bonchev–Trinajstić information content (AvgIpc) is 1.36. The molecule has 0 aromatic heterocycles. The van der Waals surface area contributed by atoms with Crippen LogP contribution in [0, 0.1) is 5.92 Å². The quantitative estimate of drug-likeness (QED) is 0.0149. The summed E-state index contributed by atoms with van der Waals surface area (Å²) in [4.78, 5) is 195. The van der Waals surface area contributed by atoms with Gasteiger partial charge in [-0.1, -0.05) is 0 Å². The summed E-state index contributed by atoms with van der Waals surface area (Å²) < 4.78 is 114. The molecule has 19 atom stereocenters. The number of guanidine groups is 4. The Labute approximate surface area is 885 Å². The summed E-state index contributed by atoms with van der Waals surface area (Å²) in [5, 5.41) is 102. The zero-order chi connectivity index (χ0) is 115. The summed E-state index contributed by atoms with van der Waals surface area (Å²) >= 11 is 5.39. The SMILES string of the molecule is CC(C)(C)OC(=O)N=C(CC[C@@H]1OC(OC2[C@@H](CSCCOCCS)O[C@@H](O[C@@H]3C(O)[C@H](CC(=NC(=O)OC(C)(C)C)NC(=O)OC(C)(C)C)CC(N=C(NC(=O)OC(C)(C)C)NC(=O)OC(C)(C)C)[C@H]3O[C@H]3OC(CN=C(NC(=O)OC(C)(C)C)NC(=O)OC(C)(C)C)[C@@H](O)[C@H](O)C3N=C(NC(=O)OC(C)(C)C)NC(=O)OC(C)(C)C)[C@H]2O)[C@H](N=C(NC(=O)OC(C)(C)C)NC(=O)OC(C)(C)C)[C@H](O)C1O)NC(=O)OC(C)(C)C. The first-order valence-electron chi connectivity index (χ1n) is 48.7. The van der Waals surface area contributed by atoms with Crippen molar-refractivity contribution in [3.05, 3.63) is 0 Å². The van der Waals surface area contributed by atoms with E-state index in [2.05, 4.69) is 90.8 Å². The molecular formula is C95H164N16O37S2. The number of amides is 12. The van der Waals surface area contributed by atoms with Gasteiger partial charge in [0.15, 0.2) is 18.9 Å². The number of carbonyl (C=O) groups is 12. The van der Waals surface area contributed by atoms with Crippen molar-refractivity contribution in [2.24, 2.45) is 35.9 Å². The smallest absolute Gasteiger partial charge is 0.435 e. The standard InChI is InChI=1S/C95H164N16O37S2/c1-84(2,3)137-72(118)98-52(99-73(119)138-85(4,5)6)38-37-49-57(113)59(115)54(102-70(108-80(126)145-92(25,26)27)109-81(127)146-93(28,29)30)65(131-49)135-63-51(46-150-42-40-130-39-41-149)133-67(61(63)117)136-64-56(112)47(44-53(100-74(120)139-86(7,8)9)101-75(121)140-87(10,11)12)43-48(97-69(106-78(124)143-90(19,20)21)107-79(125)144-91(22,23)24)62(64)134-66-55(103-71(110-82(128)147-94(31,32)33)111-83(129)148-95(34,35)36)60(116)58(114)50(132-66)45-96-68(104-76(122)141-88(13,14)15)105-77(123)142-89(16,17)18/h47-51,54-67,112-117,149H,37-46H2,1-36H3,(H,98,99,118,119)(H,100,101,120,121)(H2,96,104,105,122,123)(H2,97,106,107,124,125)(H2,102,108,109,126,127)(H2,103,110,111,128,129)/t47-,48?,49-,50?,51+,54+,55?,56?,57?,58+,59-,60+,61-,62+,63?,64+,65?,66+,67-/m0/s1. The van der Waals surface area contributed by atoms with E-state index in [9.17, 15) is 88.2 Å². The highest BCUT2D eigenvalue weighted by Crippen LogP contribution is 2.42. The van der Waals surface area contributed by atoms with Crippen molar-refractivity contribution in [3.63, 3.8) is 0 Å². The van der Waals surface area contributed by atoms with Crippen LogP contribution in [-0.2, 0) is 90.0 Å². The normalized spacial score (nSPS) is 24.3. The third-order valence-electron chi connectivity index (χ3n) is 18.3. The van der Waals surface area contributed by atoms with Crippen LogP contribution in [0.25, 0.3) is 0 Å². The van der Waals surface area contributed by atoms with Crippen molar-refractivity contribution in [1.29, 1.82) is 0 Å². The molecule has 3 heterocycles. The lowest BCUT2D eigenvalue weighted by molar-refractivity contribution is -0.308. The minimum absolute atomic E-state index is 0.0440. The number of hydrogen-bond donors (Lipinski definition) is 17. The van der Waals surface area contributed by atoms with E-state index in [-0.39, 0.29) is 30.5 Å². The lowest BCUT2D eigenvalue weighted by Crippen LogP contribution is -2.64. The summed E-state index contributed by atoms with van der Waals surface area (Å²) in [5.41, 5.74) is -15.0. The van der Waals surface area contributed by atoms with Gasteiger partial charge in [-0.2, -0.15) is 34.4 Å². The number of ether oxygens (including phenoxy) is 19. The van der Waals surface area contributed by atoms with Crippen LogP contribution in [0.3, 0.4) is 0 Å². The van der Waals surface area contributed by atoms with E-state index in [0.29, 0.717) is 0 Å². The van der Waals surface area contributed by atoms with E-state index in [1.807, 2.05) is 0 Å². The van der Waals surface area contributed by atoms with Crippen LogP contribution in [0.4, 0.5) is 57.5 Å². The first-order chi connectivity index (χ1) is 68.1.